The summed E-state index contributed by atoms with van der Waals surface area (Å²) >= 11 is 0. The van der Waals surface area contributed by atoms with E-state index in [1.807, 2.05) is 34.1 Å². The van der Waals surface area contributed by atoms with Crippen LogP contribution in [-0.4, -0.2) is 73.5 Å². The normalized spacial score (nSPS) is 17.4. The molecule has 2 aliphatic heterocycles. The van der Waals surface area contributed by atoms with Gasteiger partial charge in [-0.05, 0) is 48.5 Å². The Morgan fingerprint density at radius 3 is 2.12 bits per heavy atom. The molecule has 0 saturated carbocycles. The van der Waals surface area contributed by atoms with Gasteiger partial charge in [0.1, 0.15) is 11.5 Å². The molecule has 9 nitrogen and oxygen atoms in total. The number of methoxy groups -OCH3 is 1. The summed E-state index contributed by atoms with van der Waals surface area (Å²) in [4.78, 5) is 36.7. The first-order valence-corrected chi connectivity index (χ1v) is 10.2. The Labute approximate surface area is 192 Å². The number of esters is 1. The van der Waals surface area contributed by atoms with Crippen LogP contribution in [0.25, 0.3) is 0 Å². The summed E-state index contributed by atoms with van der Waals surface area (Å²) in [5.41, 5.74) is 1.33. The molecule has 2 N–H and O–H groups in total. The highest BCUT2D eigenvalue weighted by atomic mass is 19.4. The van der Waals surface area contributed by atoms with Crippen molar-refractivity contribution in [1.82, 2.24) is 10.2 Å². The molecule has 34 heavy (non-hydrogen) atoms. The number of urea groups is 1. The number of ether oxygens (including phenoxy) is 2. The molecule has 12 heteroatoms. The zero-order valence-electron chi connectivity index (χ0n) is 18.0. The number of nitrogens with one attached hydrogen (secondary N) is 1. The first kappa shape index (κ1) is 24.8. The fourth-order valence-electron chi connectivity index (χ4n) is 3.44. The number of nitrogens with zero attached hydrogens (tertiary/aromatic N) is 2. The van der Waals surface area contributed by atoms with E-state index in [2.05, 4.69) is 10.1 Å². The minimum Gasteiger partial charge on any atom is -0.475 e. The van der Waals surface area contributed by atoms with Gasteiger partial charge in [0.05, 0.1) is 18.7 Å². The smallest absolute Gasteiger partial charge is 0.475 e. The minimum atomic E-state index is -5.08. The molecule has 2 amide bonds. The lowest BCUT2D eigenvalue weighted by Gasteiger charge is -2.28. The summed E-state index contributed by atoms with van der Waals surface area (Å²) in [6.07, 6.45) is -5.08. The summed E-state index contributed by atoms with van der Waals surface area (Å²) in [5.74, 6) is -1.85. The second kappa shape index (κ2) is 10.4. The molecule has 2 aromatic rings. The number of benzene rings is 2. The lowest BCUT2D eigenvalue weighted by atomic mass is 10.2. The molecule has 0 spiro atoms. The third-order valence-electron chi connectivity index (χ3n) is 5.12. The maximum absolute atomic E-state index is 12.6. The molecule has 2 aromatic carbocycles. The highest BCUT2D eigenvalue weighted by Crippen LogP contribution is 2.28. The van der Waals surface area contributed by atoms with E-state index in [1.165, 1.54) is 7.11 Å². The third kappa shape index (κ3) is 5.95. The summed E-state index contributed by atoms with van der Waals surface area (Å²) in [6, 6.07) is 14.5. The molecule has 182 valence electrons. The van der Waals surface area contributed by atoms with Crippen molar-refractivity contribution in [3.05, 3.63) is 54.1 Å². The highest BCUT2D eigenvalue weighted by molar-refractivity contribution is 5.94. The lowest BCUT2D eigenvalue weighted by Crippen LogP contribution is -2.49. The zero-order valence-corrected chi connectivity index (χ0v) is 18.0. The number of halogens is 3. The summed E-state index contributed by atoms with van der Waals surface area (Å²) in [5, 5.41) is 10.5. The van der Waals surface area contributed by atoms with Crippen LogP contribution in [0.5, 0.6) is 11.5 Å². The fourth-order valence-corrected chi connectivity index (χ4v) is 3.44. The molecule has 2 aliphatic rings. The minimum absolute atomic E-state index is 0.0635. The van der Waals surface area contributed by atoms with Crippen molar-refractivity contribution in [2.45, 2.75) is 12.2 Å². The van der Waals surface area contributed by atoms with Crippen molar-refractivity contribution in [3.8, 4) is 11.5 Å². The maximum atomic E-state index is 12.6. The molecule has 0 bridgehead atoms. The molecular formula is C22H22F3N3O6. The van der Waals surface area contributed by atoms with Gasteiger partial charge in [-0.2, -0.15) is 13.2 Å². The van der Waals surface area contributed by atoms with Crippen LogP contribution in [0.1, 0.15) is 10.4 Å². The monoisotopic (exact) mass is 481 g/mol. The predicted octanol–water partition coefficient (Wildman–Crippen LogP) is 3.11. The van der Waals surface area contributed by atoms with Crippen LogP contribution in [0.2, 0.25) is 0 Å². The number of carbonyl (C=O) groups excluding carboxylic acids is 2. The van der Waals surface area contributed by atoms with Gasteiger partial charge in [-0.25, -0.2) is 14.4 Å². The van der Waals surface area contributed by atoms with Gasteiger partial charge in [0.2, 0.25) is 0 Å². The summed E-state index contributed by atoms with van der Waals surface area (Å²) < 4.78 is 42.2. The Kier molecular flexibility index (Phi) is 7.61. The molecule has 0 radical (unpaired) electrons. The standard InChI is InChI=1S/C20H21N3O4.C2HF3O2/c1-26-19(24)14-2-6-17(7-3-14)27-18-8-4-15(5-9-18)23-13-16-12-21-10-11-22(16)20(23)25;3-2(4,5)1(6)7/h2-9,16,21H,10-13H2,1H3;(H,6,7)/t16-;/m0./s1. The molecule has 0 aromatic heterocycles. The number of carboxylic acids is 1. The van der Waals surface area contributed by atoms with E-state index in [4.69, 9.17) is 14.6 Å². The number of hydrogen-bond donors (Lipinski definition) is 2. The molecule has 0 unspecified atom stereocenters. The number of carboxylic acid groups (broad SMARTS) is 1. The molecule has 4 rings (SSSR count). The summed E-state index contributed by atoms with van der Waals surface area (Å²) in [7, 11) is 1.35. The number of aliphatic carboxylic acids is 1. The van der Waals surface area contributed by atoms with E-state index in [0.29, 0.717) is 23.6 Å². The second-order valence-corrected chi connectivity index (χ2v) is 7.36. The Hall–Kier alpha value is -3.80. The van der Waals surface area contributed by atoms with Crippen LogP contribution in [-0.2, 0) is 9.53 Å². The average Bonchev–Trinajstić information content (AvgIpc) is 3.16. The van der Waals surface area contributed by atoms with Crippen molar-refractivity contribution < 1.29 is 42.1 Å². The zero-order chi connectivity index (χ0) is 24.9. The molecule has 2 saturated heterocycles. The van der Waals surface area contributed by atoms with Crippen LogP contribution in [0.15, 0.2) is 48.5 Å². The number of hydrogen-bond acceptors (Lipinski definition) is 6. The van der Waals surface area contributed by atoms with Crippen molar-refractivity contribution in [3.63, 3.8) is 0 Å². The van der Waals surface area contributed by atoms with Gasteiger partial charge in [0.25, 0.3) is 0 Å². The Morgan fingerprint density at radius 1 is 1.06 bits per heavy atom. The number of rotatable bonds is 4. The lowest BCUT2D eigenvalue weighted by molar-refractivity contribution is -0.192. The number of alkyl halides is 3. The van der Waals surface area contributed by atoms with Crippen molar-refractivity contribution in [2.75, 3.05) is 38.2 Å². The van der Waals surface area contributed by atoms with Gasteiger partial charge in [-0.3, -0.25) is 4.90 Å². The Balaban J connectivity index is 0.000000406. The van der Waals surface area contributed by atoms with E-state index in [9.17, 15) is 22.8 Å². The quantitative estimate of drug-likeness (QED) is 0.646. The molecule has 2 fully saturated rings. The van der Waals surface area contributed by atoms with E-state index in [-0.39, 0.29) is 18.0 Å². The number of piperazine rings is 1. The fraction of sp³-hybridized carbons (Fsp3) is 0.318. The Morgan fingerprint density at radius 2 is 1.62 bits per heavy atom. The number of fused-ring (bicyclic) bond motifs is 1. The van der Waals surface area contributed by atoms with Crippen LogP contribution >= 0.6 is 0 Å². The number of carbonyl (C=O) groups is 3. The topological polar surface area (TPSA) is 108 Å². The van der Waals surface area contributed by atoms with Gasteiger partial charge < -0.3 is 24.8 Å². The van der Waals surface area contributed by atoms with Gasteiger partial charge >= 0.3 is 24.1 Å². The van der Waals surface area contributed by atoms with Gasteiger partial charge in [0.15, 0.2) is 0 Å². The first-order valence-electron chi connectivity index (χ1n) is 10.2. The van der Waals surface area contributed by atoms with Crippen molar-refractivity contribution in [2.24, 2.45) is 0 Å². The van der Waals surface area contributed by atoms with E-state index < -0.39 is 12.1 Å². The van der Waals surface area contributed by atoms with Crippen LogP contribution in [0.3, 0.4) is 0 Å². The number of amides is 2. The average molecular weight is 481 g/mol. The Bertz CT molecular complexity index is 1030. The molecule has 2 heterocycles. The van der Waals surface area contributed by atoms with Crippen molar-refractivity contribution in [1.29, 1.82) is 0 Å². The van der Waals surface area contributed by atoms with Crippen molar-refractivity contribution >= 4 is 23.7 Å². The van der Waals surface area contributed by atoms with E-state index in [1.54, 1.807) is 24.3 Å². The van der Waals surface area contributed by atoms with Gasteiger partial charge in [-0.15, -0.1) is 0 Å². The number of anilines is 1. The van der Waals surface area contributed by atoms with Crippen LogP contribution in [0.4, 0.5) is 23.7 Å². The highest BCUT2D eigenvalue weighted by Gasteiger charge is 2.39. The van der Waals surface area contributed by atoms with Crippen LogP contribution < -0.4 is 15.0 Å². The van der Waals surface area contributed by atoms with E-state index in [0.717, 1.165) is 25.3 Å². The largest absolute Gasteiger partial charge is 0.490 e. The second-order valence-electron chi connectivity index (χ2n) is 7.36. The summed E-state index contributed by atoms with van der Waals surface area (Å²) in [6.45, 7) is 3.13. The molecular weight excluding hydrogens is 459 g/mol. The maximum Gasteiger partial charge on any atom is 0.490 e. The SMILES string of the molecule is COC(=O)c1ccc(Oc2ccc(N3C[C@@H]4CNCCN4C3=O)cc2)cc1.O=C(O)C(F)(F)F. The van der Waals surface area contributed by atoms with Crippen LogP contribution in [0, 0.1) is 0 Å². The van der Waals surface area contributed by atoms with E-state index >= 15 is 0 Å². The third-order valence-corrected chi connectivity index (χ3v) is 5.12. The predicted molar refractivity (Wildman–Crippen MR) is 114 cm³/mol. The van der Waals surface area contributed by atoms with Gasteiger partial charge in [-0.1, -0.05) is 0 Å². The molecule has 0 aliphatic carbocycles. The van der Waals surface area contributed by atoms with Gasteiger partial charge in [0, 0.05) is 31.9 Å². The molecule has 1 atom stereocenters. The first-order chi connectivity index (χ1) is 16.1.